The molecule has 8 nitrogen and oxygen atoms in total. The molecule has 34 heavy (non-hydrogen) atoms. The number of fused-ring (bicyclic) bond motifs is 2. The van der Waals surface area contributed by atoms with Gasteiger partial charge in [0.25, 0.3) is 0 Å². The number of rotatable bonds is 6. The SMILES string of the molecule is O[C@H]1CCN(Cc2ccc(OC[C@@H]3CC[C@H]4CN(c5noc6ccccc56)CCN4C3)nc2)C1. The maximum Gasteiger partial charge on any atom is 0.213 e. The maximum absolute atomic E-state index is 9.69. The maximum atomic E-state index is 9.69. The fourth-order valence-corrected chi connectivity index (χ4v) is 5.69. The third kappa shape index (κ3) is 4.62. The molecule has 0 spiro atoms. The van der Waals surface area contributed by atoms with Gasteiger partial charge in [-0.25, -0.2) is 4.98 Å². The van der Waals surface area contributed by atoms with Crippen molar-refractivity contribution in [2.45, 2.75) is 38.0 Å². The molecule has 0 amide bonds. The van der Waals surface area contributed by atoms with Crippen molar-refractivity contribution in [3.8, 4) is 5.88 Å². The van der Waals surface area contributed by atoms with E-state index in [9.17, 15) is 5.11 Å². The molecular weight excluding hydrogens is 430 g/mol. The second-order valence-corrected chi connectivity index (χ2v) is 10.0. The van der Waals surface area contributed by atoms with E-state index in [1.54, 1.807) is 0 Å². The van der Waals surface area contributed by atoms with E-state index in [1.807, 2.05) is 30.5 Å². The van der Waals surface area contributed by atoms with Crippen molar-refractivity contribution in [3.05, 3.63) is 48.2 Å². The Hall–Kier alpha value is -2.68. The van der Waals surface area contributed by atoms with Gasteiger partial charge < -0.3 is 19.3 Å². The van der Waals surface area contributed by atoms with Gasteiger partial charge in [-0.3, -0.25) is 9.80 Å². The van der Waals surface area contributed by atoms with Crippen molar-refractivity contribution in [1.29, 1.82) is 0 Å². The van der Waals surface area contributed by atoms with Gasteiger partial charge in [0.2, 0.25) is 5.88 Å². The largest absolute Gasteiger partial charge is 0.477 e. The van der Waals surface area contributed by atoms with E-state index < -0.39 is 0 Å². The van der Waals surface area contributed by atoms with E-state index in [-0.39, 0.29) is 6.10 Å². The number of β-amino-alcohol motifs (C(OH)–C–C–N with tert-alkyl or cyclic N) is 1. The van der Waals surface area contributed by atoms with Gasteiger partial charge in [0.15, 0.2) is 11.4 Å². The smallest absolute Gasteiger partial charge is 0.213 e. The quantitative estimate of drug-likeness (QED) is 0.598. The molecule has 6 rings (SSSR count). The topological polar surface area (TPSA) is 78.1 Å². The van der Waals surface area contributed by atoms with Crippen LogP contribution in [0.2, 0.25) is 0 Å². The number of hydrogen-bond acceptors (Lipinski definition) is 8. The van der Waals surface area contributed by atoms with Crippen LogP contribution in [0.4, 0.5) is 5.82 Å². The number of likely N-dealkylation sites (tertiary alicyclic amines) is 1. The monoisotopic (exact) mass is 463 g/mol. The Morgan fingerprint density at radius 2 is 1.94 bits per heavy atom. The summed E-state index contributed by atoms with van der Waals surface area (Å²) in [6.45, 7) is 7.35. The first-order valence-corrected chi connectivity index (χ1v) is 12.5. The number of piperazine rings is 1. The summed E-state index contributed by atoms with van der Waals surface area (Å²) in [5.41, 5.74) is 2.02. The van der Waals surface area contributed by atoms with Crippen LogP contribution in [0.15, 0.2) is 47.1 Å². The fraction of sp³-hybridized carbons (Fsp3) is 0.538. The number of pyridine rings is 1. The first kappa shape index (κ1) is 21.8. The zero-order valence-corrected chi connectivity index (χ0v) is 19.6. The van der Waals surface area contributed by atoms with Crippen molar-refractivity contribution in [3.63, 3.8) is 0 Å². The molecule has 180 valence electrons. The summed E-state index contributed by atoms with van der Waals surface area (Å²) in [4.78, 5) is 11.8. The van der Waals surface area contributed by atoms with E-state index in [0.29, 0.717) is 24.4 Å². The van der Waals surface area contributed by atoms with E-state index in [2.05, 4.69) is 37.0 Å². The Labute approximate surface area is 200 Å². The molecule has 3 saturated heterocycles. The number of para-hydroxylation sites is 1. The zero-order chi connectivity index (χ0) is 22.9. The number of hydrogen-bond donors (Lipinski definition) is 1. The summed E-state index contributed by atoms with van der Waals surface area (Å²) >= 11 is 0. The number of ether oxygens (including phenoxy) is 1. The summed E-state index contributed by atoms with van der Waals surface area (Å²) in [6, 6.07) is 12.7. The molecule has 3 aliphatic heterocycles. The van der Waals surface area contributed by atoms with Gasteiger partial charge in [0, 0.05) is 70.0 Å². The second-order valence-electron chi connectivity index (χ2n) is 10.0. The molecule has 0 bridgehead atoms. The molecule has 0 aliphatic carbocycles. The van der Waals surface area contributed by atoms with Crippen molar-refractivity contribution in [2.24, 2.45) is 5.92 Å². The van der Waals surface area contributed by atoms with Crippen molar-refractivity contribution in [1.82, 2.24) is 19.9 Å². The predicted octanol–water partition coefficient (Wildman–Crippen LogP) is 2.77. The van der Waals surface area contributed by atoms with Gasteiger partial charge >= 0.3 is 0 Å². The number of aliphatic hydroxyl groups excluding tert-OH is 1. The van der Waals surface area contributed by atoms with E-state index >= 15 is 0 Å². The zero-order valence-electron chi connectivity index (χ0n) is 19.6. The summed E-state index contributed by atoms with van der Waals surface area (Å²) in [7, 11) is 0. The molecule has 1 aromatic carbocycles. The highest BCUT2D eigenvalue weighted by atomic mass is 16.5. The highest BCUT2D eigenvalue weighted by molar-refractivity contribution is 5.88. The number of aliphatic hydroxyl groups is 1. The third-order valence-electron chi connectivity index (χ3n) is 7.58. The lowest BCUT2D eigenvalue weighted by molar-refractivity contribution is 0.0716. The lowest BCUT2D eigenvalue weighted by Crippen LogP contribution is -2.57. The normalized spacial score (nSPS) is 26.1. The molecule has 0 radical (unpaired) electrons. The molecule has 5 heterocycles. The summed E-state index contributed by atoms with van der Waals surface area (Å²) in [5.74, 6) is 2.22. The fourth-order valence-electron chi connectivity index (χ4n) is 5.69. The summed E-state index contributed by atoms with van der Waals surface area (Å²) in [6.07, 6.45) is 4.93. The number of anilines is 1. The number of piperidine rings is 1. The Balaban J connectivity index is 0.988. The van der Waals surface area contributed by atoms with Gasteiger partial charge in [-0.05, 0) is 37.0 Å². The molecule has 3 aromatic rings. The lowest BCUT2D eigenvalue weighted by atomic mass is 9.91. The van der Waals surface area contributed by atoms with Crippen molar-refractivity contribution >= 4 is 16.8 Å². The van der Waals surface area contributed by atoms with Gasteiger partial charge in [-0.1, -0.05) is 23.4 Å². The minimum atomic E-state index is -0.184. The Kier molecular flexibility index (Phi) is 6.11. The minimum Gasteiger partial charge on any atom is -0.477 e. The van der Waals surface area contributed by atoms with Crippen LogP contribution in [0.1, 0.15) is 24.8 Å². The lowest BCUT2D eigenvalue weighted by Gasteiger charge is -2.46. The first-order valence-electron chi connectivity index (χ1n) is 12.5. The minimum absolute atomic E-state index is 0.184. The Morgan fingerprint density at radius 3 is 2.79 bits per heavy atom. The van der Waals surface area contributed by atoms with E-state index in [4.69, 9.17) is 9.26 Å². The average molecular weight is 464 g/mol. The van der Waals surface area contributed by atoms with Crippen LogP contribution in [0, 0.1) is 5.92 Å². The van der Waals surface area contributed by atoms with Gasteiger partial charge in [0.1, 0.15) is 0 Å². The van der Waals surface area contributed by atoms with Crippen LogP contribution in [0.25, 0.3) is 11.0 Å². The van der Waals surface area contributed by atoms with Crippen molar-refractivity contribution in [2.75, 3.05) is 50.8 Å². The molecule has 0 unspecified atom stereocenters. The van der Waals surface area contributed by atoms with Crippen LogP contribution in [0.5, 0.6) is 5.88 Å². The second kappa shape index (κ2) is 9.52. The molecule has 8 heteroatoms. The molecule has 3 atom stereocenters. The summed E-state index contributed by atoms with van der Waals surface area (Å²) < 4.78 is 11.6. The van der Waals surface area contributed by atoms with E-state index in [0.717, 1.165) is 69.0 Å². The molecular formula is C26H33N5O3. The van der Waals surface area contributed by atoms with Crippen molar-refractivity contribution < 1.29 is 14.4 Å². The number of aromatic nitrogens is 2. The first-order chi connectivity index (χ1) is 16.7. The Morgan fingerprint density at radius 1 is 1.00 bits per heavy atom. The number of benzene rings is 1. The molecule has 3 aliphatic rings. The molecule has 1 N–H and O–H groups in total. The Bertz CT molecular complexity index is 1100. The average Bonchev–Trinajstić information content (AvgIpc) is 3.49. The number of nitrogens with zero attached hydrogens (tertiary/aromatic N) is 5. The van der Waals surface area contributed by atoms with Crippen LogP contribution >= 0.6 is 0 Å². The van der Waals surface area contributed by atoms with Crippen LogP contribution in [-0.4, -0.2) is 83.1 Å². The highest BCUT2D eigenvalue weighted by Crippen LogP contribution is 2.31. The summed E-state index contributed by atoms with van der Waals surface area (Å²) in [5, 5.41) is 15.2. The van der Waals surface area contributed by atoms with Gasteiger partial charge in [0.05, 0.1) is 18.1 Å². The molecule has 2 aromatic heterocycles. The van der Waals surface area contributed by atoms with E-state index in [1.165, 1.54) is 18.4 Å². The van der Waals surface area contributed by atoms with Crippen LogP contribution < -0.4 is 9.64 Å². The highest BCUT2D eigenvalue weighted by Gasteiger charge is 2.34. The third-order valence-corrected chi connectivity index (χ3v) is 7.58. The molecule has 0 saturated carbocycles. The molecule has 3 fully saturated rings. The van der Waals surface area contributed by atoms with Gasteiger partial charge in [-0.15, -0.1) is 0 Å². The van der Waals surface area contributed by atoms with Crippen LogP contribution in [0.3, 0.4) is 0 Å². The van der Waals surface area contributed by atoms with Crippen LogP contribution in [-0.2, 0) is 6.54 Å². The predicted molar refractivity (Wildman–Crippen MR) is 130 cm³/mol. The van der Waals surface area contributed by atoms with Gasteiger partial charge in [-0.2, -0.15) is 0 Å². The standard InChI is InChI=1S/C26H33N5O3/c32-22-9-10-29(17-22)14-19-6-8-25(27-13-19)33-18-20-5-7-21-16-31(12-11-30(21)15-20)26-23-3-1-2-4-24(23)34-28-26/h1-4,6,8,13,20-22,32H,5,7,9-12,14-18H2/t20-,21+,22+/m1/s1.